The Bertz CT molecular complexity index is 1140. The number of carbonyl (C=O) groups is 1. The number of likely N-dealkylation sites (N-methyl/N-ethyl adjacent to an activating group) is 1. The van der Waals surface area contributed by atoms with Gasteiger partial charge in [-0.25, -0.2) is 0 Å². The summed E-state index contributed by atoms with van der Waals surface area (Å²) in [5.41, 5.74) is 0. The quantitative estimate of drug-likeness (QED) is 0.0277. The molecule has 0 rings (SSSR count). The molecule has 8 nitrogen and oxygen atoms in total. The van der Waals surface area contributed by atoms with E-state index in [0.717, 1.165) is 77.0 Å². The van der Waals surface area contributed by atoms with Gasteiger partial charge in [0.1, 0.15) is 13.2 Å². The maximum Gasteiger partial charge on any atom is 0.268 e. The fraction of sp³-hybridized carbons (Fsp3) is 0.723. The summed E-state index contributed by atoms with van der Waals surface area (Å²) in [5.74, 6) is -0.226. The average Bonchev–Trinajstić information content (AvgIpc) is 3.15. The number of nitrogens with one attached hydrogen (secondary N) is 1. The van der Waals surface area contributed by atoms with Crippen molar-refractivity contribution in [3.63, 3.8) is 0 Å². The lowest BCUT2D eigenvalue weighted by Crippen LogP contribution is -2.45. The van der Waals surface area contributed by atoms with Crippen LogP contribution in [0, 0.1) is 0 Å². The molecule has 0 aliphatic rings. The molecule has 0 saturated carbocycles. The molecule has 0 bridgehead atoms. The van der Waals surface area contributed by atoms with Gasteiger partial charge in [-0.3, -0.25) is 9.36 Å². The Morgan fingerprint density at radius 2 is 1.11 bits per heavy atom. The van der Waals surface area contributed by atoms with Crippen molar-refractivity contribution in [2.75, 3.05) is 40.9 Å². The van der Waals surface area contributed by atoms with Crippen molar-refractivity contribution in [2.24, 2.45) is 0 Å². The molecule has 324 valence electrons. The number of rotatable bonds is 39. The maximum atomic E-state index is 12.8. The molecule has 0 aliphatic heterocycles. The third kappa shape index (κ3) is 40.1. The first kappa shape index (κ1) is 53.9. The Kier molecular flexibility index (Phi) is 37.0. The minimum atomic E-state index is -4.61. The number of aliphatic hydroxyl groups excluding tert-OH is 1. The van der Waals surface area contributed by atoms with E-state index < -0.39 is 26.6 Å². The Balaban J connectivity index is 4.53. The standard InChI is InChI=1S/C47H85N2O6P/c1-6-8-10-12-14-16-18-20-22-24-26-28-30-32-34-36-38-40-46(50)45(44-55-56(52,53)54-43-42-49(3,4)5)48-47(51)41-39-37-35-33-31-29-27-25-23-21-19-17-15-13-11-9-7-2/h9,11,15,17,21-24,30,32,38,40,45-46,50H,6-8,10,12-14,16,18-20,25-29,31,33-37,39,41-44H2,1-5H3,(H-,48,51,52,53)/b11-9-,17-15-,23-21-,24-22+,32-30+,40-38+. The summed E-state index contributed by atoms with van der Waals surface area (Å²) in [6, 6.07) is -0.917. The van der Waals surface area contributed by atoms with Crippen LogP contribution in [0.25, 0.3) is 0 Å². The number of unbranched alkanes of at least 4 members (excludes halogenated alkanes) is 16. The van der Waals surface area contributed by atoms with Crippen LogP contribution in [0.3, 0.4) is 0 Å². The van der Waals surface area contributed by atoms with E-state index in [1.165, 1.54) is 70.6 Å². The first-order valence-electron chi connectivity index (χ1n) is 22.3. The van der Waals surface area contributed by atoms with Crippen molar-refractivity contribution in [3.05, 3.63) is 72.9 Å². The van der Waals surface area contributed by atoms with Gasteiger partial charge in [-0.05, 0) is 77.0 Å². The van der Waals surface area contributed by atoms with Crippen LogP contribution >= 0.6 is 7.82 Å². The molecule has 2 N–H and O–H groups in total. The second-order valence-corrected chi connectivity index (χ2v) is 17.4. The van der Waals surface area contributed by atoms with Crippen molar-refractivity contribution < 1.29 is 32.9 Å². The molecule has 3 atom stereocenters. The Morgan fingerprint density at radius 1 is 0.643 bits per heavy atom. The van der Waals surface area contributed by atoms with Gasteiger partial charge >= 0.3 is 0 Å². The maximum absolute atomic E-state index is 12.8. The molecule has 9 heteroatoms. The van der Waals surface area contributed by atoms with Gasteiger partial charge in [-0.2, -0.15) is 0 Å². The fourth-order valence-electron chi connectivity index (χ4n) is 5.84. The van der Waals surface area contributed by atoms with Crippen molar-refractivity contribution in [3.8, 4) is 0 Å². The second kappa shape index (κ2) is 38.5. The molecule has 0 aliphatic carbocycles. The Labute approximate surface area is 344 Å². The molecule has 0 aromatic rings. The molecule has 0 saturated heterocycles. The smallest absolute Gasteiger partial charge is 0.268 e. The number of phosphoric acid groups is 1. The topological polar surface area (TPSA) is 108 Å². The summed E-state index contributed by atoms with van der Waals surface area (Å²) in [6.45, 7) is 4.47. The summed E-state index contributed by atoms with van der Waals surface area (Å²) in [6.07, 6.45) is 50.9. The summed E-state index contributed by atoms with van der Waals surface area (Å²) in [7, 11) is 1.21. The van der Waals surface area contributed by atoms with Crippen molar-refractivity contribution in [1.82, 2.24) is 5.32 Å². The minimum absolute atomic E-state index is 0.0146. The van der Waals surface area contributed by atoms with E-state index in [-0.39, 0.29) is 12.5 Å². The van der Waals surface area contributed by atoms with Gasteiger partial charge in [0.25, 0.3) is 7.82 Å². The minimum Gasteiger partial charge on any atom is -0.756 e. The summed E-state index contributed by atoms with van der Waals surface area (Å²) >= 11 is 0. The van der Waals surface area contributed by atoms with Gasteiger partial charge in [-0.15, -0.1) is 0 Å². The molecule has 0 heterocycles. The first-order valence-corrected chi connectivity index (χ1v) is 23.8. The first-order chi connectivity index (χ1) is 27.0. The Hall–Kier alpha value is -2.06. The van der Waals surface area contributed by atoms with E-state index in [1.54, 1.807) is 6.08 Å². The van der Waals surface area contributed by atoms with E-state index in [9.17, 15) is 19.4 Å². The molecular weight excluding hydrogens is 719 g/mol. The van der Waals surface area contributed by atoms with Gasteiger partial charge in [0.15, 0.2) is 0 Å². The molecule has 0 radical (unpaired) electrons. The van der Waals surface area contributed by atoms with Crippen LogP contribution in [0.15, 0.2) is 72.9 Å². The summed E-state index contributed by atoms with van der Waals surface area (Å²) < 4.78 is 23.2. The molecular formula is C47H85N2O6P. The van der Waals surface area contributed by atoms with E-state index in [1.807, 2.05) is 27.2 Å². The zero-order valence-corrected chi connectivity index (χ0v) is 37.5. The van der Waals surface area contributed by atoms with Crippen LogP contribution in [0.2, 0.25) is 0 Å². The lowest BCUT2D eigenvalue weighted by Gasteiger charge is -2.29. The number of nitrogens with zero attached hydrogens (tertiary/aromatic N) is 1. The molecule has 0 spiro atoms. The number of carbonyl (C=O) groups excluding carboxylic acids is 1. The number of hydrogen-bond donors (Lipinski definition) is 2. The van der Waals surface area contributed by atoms with Gasteiger partial charge in [0.05, 0.1) is 39.9 Å². The van der Waals surface area contributed by atoms with Gasteiger partial charge in [0.2, 0.25) is 5.91 Å². The van der Waals surface area contributed by atoms with Crippen molar-refractivity contribution in [1.29, 1.82) is 0 Å². The van der Waals surface area contributed by atoms with E-state index in [2.05, 4.69) is 79.9 Å². The van der Waals surface area contributed by atoms with E-state index in [0.29, 0.717) is 17.4 Å². The summed E-state index contributed by atoms with van der Waals surface area (Å²) in [5, 5.41) is 13.7. The number of hydrogen-bond acceptors (Lipinski definition) is 6. The number of aliphatic hydroxyl groups is 1. The van der Waals surface area contributed by atoms with E-state index >= 15 is 0 Å². The van der Waals surface area contributed by atoms with Crippen molar-refractivity contribution in [2.45, 2.75) is 180 Å². The highest BCUT2D eigenvalue weighted by Crippen LogP contribution is 2.38. The highest BCUT2D eigenvalue weighted by Gasteiger charge is 2.23. The molecule has 3 unspecified atom stereocenters. The fourth-order valence-corrected chi connectivity index (χ4v) is 6.57. The predicted molar refractivity (Wildman–Crippen MR) is 237 cm³/mol. The van der Waals surface area contributed by atoms with Crippen LogP contribution in [-0.2, 0) is 18.4 Å². The van der Waals surface area contributed by atoms with Crippen LogP contribution in [-0.4, -0.2) is 68.5 Å². The molecule has 0 aromatic carbocycles. The monoisotopic (exact) mass is 805 g/mol. The molecule has 1 amide bonds. The lowest BCUT2D eigenvalue weighted by atomic mass is 10.1. The third-order valence-corrected chi connectivity index (χ3v) is 10.3. The number of amides is 1. The zero-order valence-electron chi connectivity index (χ0n) is 36.6. The number of allylic oxidation sites excluding steroid dienone is 11. The van der Waals surface area contributed by atoms with Crippen LogP contribution in [0.5, 0.6) is 0 Å². The zero-order chi connectivity index (χ0) is 41.4. The second-order valence-electron chi connectivity index (χ2n) is 16.0. The average molecular weight is 805 g/mol. The highest BCUT2D eigenvalue weighted by atomic mass is 31.2. The normalized spacial score (nSPS) is 15.1. The number of phosphoric ester groups is 1. The lowest BCUT2D eigenvalue weighted by molar-refractivity contribution is -0.870. The van der Waals surface area contributed by atoms with Crippen LogP contribution < -0.4 is 10.2 Å². The number of quaternary nitrogens is 1. The molecule has 0 aromatic heterocycles. The SMILES string of the molecule is CC/C=C\C/C=C\C/C=C\CCCCCCCCCC(=O)NC(COP(=O)([O-])OCC[N+](C)(C)C)C(O)/C=C/CC/C=C/CC/C=C/CCCCCCCCC. The molecule has 56 heavy (non-hydrogen) atoms. The van der Waals surface area contributed by atoms with Gasteiger partial charge in [-0.1, -0.05) is 157 Å². The van der Waals surface area contributed by atoms with Crippen LogP contribution in [0.4, 0.5) is 0 Å². The third-order valence-electron chi connectivity index (χ3n) is 9.38. The largest absolute Gasteiger partial charge is 0.756 e. The summed E-state index contributed by atoms with van der Waals surface area (Å²) in [4.78, 5) is 25.3. The highest BCUT2D eigenvalue weighted by molar-refractivity contribution is 7.45. The van der Waals surface area contributed by atoms with Crippen LogP contribution in [0.1, 0.15) is 168 Å². The van der Waals surface area contributed by atoms with Crippen molar-refractivity contribution >= 4 is 13.7 Å². The predicted octanol–water partition coefficient (Wildman–Crippen LogP) is 11.8. The van der Waals surface area contributed by atoms with Gasteiger partial charge in [0, 0.05) is 6.42 Å². The van der Waals surface area contributed by atoms with E-state index in [4.69, 9.17) is 9.05 Å². The van der Waals surface area contributed by atoms with Gasteiger partial charge < -0.3 is 28.8 Å². The Morgan fingerprint density at radius 3 is 1.66 bits per heavy atom. The molecule has 0 fully saturated rings.